The Balaban J connectivity index is 2.64. The van der Waals surface area contributed by atoms with Crippen molar-refractivity contribution in [3.05, 3.63) is 32.7 Å². The zero-order chi connectivity index (χ0) is 9.26. The lowest BCUT2D eigenvalue weighted by Gasteiger charge is -1.97. The van der Waals surface area contributed by atoms with Crippen molar-refractivity contribution in [3.63, 3.8) is 0 Å². The molecule has 2 aromatic heterocycles. The van der Waals surface area contributed by atoms with Gasteiger partial charge in [-0.2, -0.15) is 16.4 Å². The first-order chi connectivity index (χ1) is 6.27. The van der Waals surface area contributed by atoms with Crippen LogP contribution in [0.25, 0.3) is 11.1 Å². The molecule has 2 nitrogen and oxygen atoms in total. The summed E-state index contributed by atoms with van der Waals surface area (Å²) in [6, 6.07) is 3.77. The molecule has 0 spiro atoms. The van der Waals surface area contributed by atoms with Crippen molar-refractivity contribution in [1.82, 2.24) is 10.2 Å². The molecule has 0 fully saturated rings. The first kappa shape index (κ1) is 8.87. The van der Waals surface area contributed by atoms with Crippen LogP contribution in [0.4, 0.5) is 0 Å². The number of halogens is 1. The number of aromatic amines is 1. The van der Waals surface area contributed by atoms with Gasteiger partial charge in [-0.15, -0.1) is 0 Å². The number of nitrogens with zero attached hydrogens (tertiary/aromatic N) is 1. The van der Waals surface area contributed by atoms with Gasteiger partial charge in [-0.3, -0.25) is 5.10 Å². The molecule has 2 aromatic rings. The Bertz CT molecular complexity index is 461. The Morgan fingerprint density at radius 2 is 2.38 bits per heavy atom. The third-order valence-corrected chi connectivity index (χ3v) is 2.79. The predicted molar refractivity (Wildman–Crippen MR) is 57.7 cm³/mol. The van der Waals surface area contributed by atoms with Crippen LogP contribution >= 0.6 is 35.2 Å². The highest BCUT2D eigenvalue weighted by Gasteiger charge is 2.01. The Morgan fingerprint density at radius 1 is 1.54 bits per heavy atom. The van der Waals surface area contributed by atoms with E-state index in [1.165, 1.54) is 0 Å². The van der Waals surface area contributed by atoms with Crippen molar-refractivity contribution in [3.8, 4) is 11.1 Å². The SMILES string of the molecule is S=c1[nH]nc(Cl)cc1-c1ccsc1. The average Bonchev–Trinajstić information content (AvgIpc) is 2.61. The van der Waals surface area contributed by atoms with Gasteiger partial charge in [-0.05, 0) is 28.5 Å². The van der Waals surface area contributed by atoms with Crippen LogP contribution in [0.3, 0.4) is 0 Å². The van der Waals surface area contributed by atoms with E-state index in [1.807, 2.05) is 16.8 Å². The van der Waals surface area contributed by atoms with E-state index in [2.05, 4.69) is 10.2 Å². The molecule has 0 amide bonds. The minimum atomic E-state index is 0.426. The van der Waals surface area contributed by atoms with Crippen LogP contribution in [0.1, 0.15) is 0 Å². The topological polar surface area (TPSA) is 28.7 Å². The van der Waals surface area contributed by atoms with Gasteiger partial charge in [-0.25, -0.2) is 0 Å². The van der Waals surface area contributed by atoms with Crippen molar-refractivity contribution in [2.24, 2.45) is 0 Å². The van der Waals surface area contributed by atoms with Gasteiger partial charge in [0.1, 0.15) is 9.79 Å². The maximum absolute atomic E-state index is 5.75. The predicted octanol–water partition coefficient (Wildman–Crippen LogP) is 3.52. The first-order valence-corrected chi connectivity index (χ1v) is 5.28. The van der Waals surface area contributed by atoms with Crippen LogP contribution in [0.15, 0.2) is 22.9 Å². The average molecular weight is 229 g/mol. The molecule has 66 valence electrons. The summed E-state index contributed by atoms with van der Waals surface area (Å²) in [4.78, 5) is 0. The fourth-order valence-corrected chi connectivity index (χ4v) is 2.04. The zero-order valence-electron chi connectivity index (χ0n) is 6.45. The minimum Gasteiger partial charge on any atom is -0.266 e. The molecule has 0 aliphatic carbocycles. The van der Waals surface area contributed by atoms with Crippen LogP contribution in [0, 0.1) is 4.64 Å². The second-order valence-corrected chi connectivity index (χ2v) is 4.02. The van der Waals surface area contributed by atoms with Crippen molar-refractivity contribution in [2.45, 2.75) is 0 Å². The van der Waals surface area contributed by atoms with Gasteiger partial charge in [0.15, 0.2) is 0 Å². The summed E-state index contributed by atoms with van der Waals surface area (Å²) in [5.74, 6) is 0. The van der Waals surface area contributed by atoms with Crippen LogP contribution in [-0.4, -0.2) is 10.2 Å². The maximum Gasteiger partial charge on any atom is 0.150 e. The molecule has 0 aliphatic heterocycles. The standard InChI is InChI=1S/C8H5ClN2S2/c9-7-3-6(8(12)11-10-7)5-1-2-13-4-5/h1-4H,(H,11,12). The summed E-state index contributed by atoms with van der Waals surface area (Å²) in [5, 5.41) is 10.9. The molecule has 0 aliphatic rings. The number of hydrogen-bond acceptors (Lipinski definition) is 3. The van der Waals surface area contributed by atoms with E-state index in [0.29, 0.717) is 9.79 Å². The molecule has 0 bridgehead atoms. The third-order valence-electron chi connectivity index (χ3n) is 1.60. The molecule has 2 heterocycles. The highest BCUT2D eigenvalue weighted by molar-refractivity contribution is 7.71. The van der Waals surface area contributed by atoms with Crippen LogP contribution in [0.5, 0.6) is 0 Å². The highest BCUT2D eigenvalue weighted by Crippen LogP contribution is 2.23. The van der Waals surface area contributed by atoms with Gasteiger partial charge >= 0.3 is 0 Å². The lowest BCUT2D eigenvalue weighted by Crippen LogP contribution is -1.85. The van der Waals surface area contributed by atoms with E-state index in [4.69, 9.17) is 23.8 Å². The van der Waals surface area contributed by atoms with E-state index in [1.54, 1.807) is 17.4 Å². The molecule has 1 N–H and O–H groups in total. The zero-order valence-corrected chi connectivity index (χ0v) is 8.84. The van der Waals surface area contributed by atoms with Gasteiger partial charge in [0.2, 0.25) is 0 Å². The first-order valence-electron chi connectivity index (χ1n) is 3.55. The van der Waals surface area contributed by atoms with Gasteiger partial charge < -0.3 is 0 Å². The molecule has 2 rings (SSSR count). The Hall–Kier alpha value is -0.710. The number of H-pyrrole nitrogens is 1. The van der Waals surface area contributed by atoms with Crippen LogP contribution in [0.2, 0.25) is 5.15 Å². The Morgan fingerprint density at radius 3 is 3.08 bits per heavy atom. The summed E-state index contributed by atoms with van der Waals surface area (Å²) in [5.41, 5.74) is 2.01. The van der Waals surface area contributed by atoms with E-state index < -0.39 is 0 Å². The normalized spacial score (nSPS) is 10.2. The van der Waals surface area contributed by atoms with Crippen molar-refractivity contribution >= 4 is 35.2 Å². The number of hydrogen-bond donors (Lipinski definition) is 1. The van der Waals surface area contributed by atoms with Gasteiger partial charge in [0.25, 0.3) is 0 Å². The van der Waals surface area contributed by atoms with Gasteiger partial charge in [0, 0.05) is 5.56 Å². The minimum absolute atomic E-state index is 0.426. The Labute approximate surface area is 89.2 Å². The fourth-order valence-electron chi connectivity index (χ4n) is 1.01. The fraction of sp³-hybridized carbons (Fsp3) is 0. The monoisotopic (exact) mass is 228 g/mol. The molecule has 0 saturated heterocycles. The quantitative estimate of drug-likeness (QED) is 0.757. The summed E-state index contributed by atoms with van der Waals surface area (Å²) in [6.45, 7) is 0. The molecule has 0 unspecified atom stereocenters. The van der Waals surface area contributed by atoms with Crippen molar-refractivity contribution in [1.29, 1.82) is 0 Å². The highest BCUT2D eigenvalue weighted by atomic mass is 35.5. The summed E-state index contributed by atoms with van der Waals surface area (Å²) in [6.07, 6.45) is 0. The van der Waals surface area contributed by atoms with Crippen LogP contribution in [-0.2, 0) is 0 Å². The summed E-state index contributed by atoms with van der Waals surface area (Å²) < 4.78 is 0.614. The Kier molecular flexibility index (Phi) is 2.44. The second kappa shape index (κ2) is 3.57. The summed E-state index contributed by atoms with van der Waals surface area (Å²) >= 11 is 12.5. The number of thiophene rings is 1. The summed E-state index contributed by atoms with van der Waals surface area (Å²) in [7, 11) is 0. The number of aromatic nitrogens is 2. The number of rotatable bonds is 1. The number of nitrogens with one attached hydrogen (secondary N) is 1. The van der Waals surface area contributed by atoms with Gasteiger partial charge in [0.05, 0.1) is 0 Å². The largest absolute Gasteiger partial charge is 0.266 e. The van der Waals surface area contributed by atoms with E-state index in [0.717, 1.165) is 11.1 Å². The molecule has 5 heteroatoms. The second-order valence-electron chi connectivity index (χ2n) is 2.45. The molecule has 0 aromatic carbocycles. The molecule has 0 saturated carbocycles. The van der Waals surface area contributed by atoms with E-state index in [-0.39, 0.29) is 0 Å². The lowest BCUT2D eigenvalue weighted by molar-refractivity contribution is 1.02. The molecule has 0 radical (unpaired) electrons. The third kappa shape index (κ3) is 1.80. The van der Waals surface area contributed by atoms with E-state index in [9.17, 15) is 0 Å². The van der Waals surface area contributed by atoms with Crippen LogP contribution < -0.4 is 0 Å². The lowest BCUT2D eigenvalue weighted by atomic mass is 10.2. The molecular weight excluding hydrogens is 224 g/mol. The molecular formula is C8H5ClN2S2. The van der Waals surface area contributed by atoms with Gasteiger partial charge in [-0.1, -0.05) is 23.8 Å². The molecule has 0 atom stereocenters. The molecule has 13 heavy (non-hydrogen) atoms. The smallest absolute Gasteiger partial charge is 0.150 e. The van der Waals surface area contributed by atoms with Crippen molar-refractivity contribution < 1.29 is 0 Å². The maximum atomic E-state index is 5.75. The van der Waals surface area contributed by atoms with Crippen molar-refractivity contribution in [2.75, 3.05) is 0 Å². The van der Waals surface area contributed by atoms with E-state index >= 15 is 0 Å².